The van der Waals surface area contributed by atoms with Crippen LogP contribution in [0.2, 0.25) is 0 Å². The lowest BCUT2D eigenvalue weighted by Gasteiger charge is -2.26. The third-order valence-electron chi connectivity index (χ3n) is 6.47. The standard InChI is InChI=1S/C28H28F2N4O3/c1-17-13-19(7-8-20(17)27(35)33(2)3)31-28-32-25-6-4-5-21(26(25)37-28)18-14-23(29)22(24(30)15-18)16-34-9-11-36-12-10-34/h4-8,13-15H,9-12,16H2,1-3H3,(H,31,32). The molecule has 5 rings (SSSR count). The zero-order chi connectivity index (χ0) is 26.1. The minimum atomic E-state index is -0.598. The van der Waals surface area contributed by atoms with Crippen LogP contribution >= 0.6 is 0 Å². The first-order valence-electron chi connectivity index (χ1n) is 12.1. The summed E-state index contributed by atoms with van der Waals surface area (Å²) in [6.45, 7) is 4.45. The lowest BCUT2D eigenvalue weighted by atomic mass is 10.0. The first kappa shape index (κ1) is 24.9. The summed E-state index contributed by atoms with van der Waals surface area (Å²) in [6.07, 6.45) is 0. The Morgan fingerprint density at radius 2 is 1.81 bits per heavy atom. The Kier molecular flexibility index (Phi) is 6.90. The molecule has 1 N–H and O–H groups in total. The topological polar surface area (TPSA) is 70.8 Å². The maximum absolute atomic E-state index is 15.0. The number of ether oxygens (including phenoxy) is 1. The minimum Gasteiger partial charge on any atom is -0.423 e. The number of aromatic nitrogens is 1. The van der Waals surface area contributed by atoms with Gasteiger partial charge in [0.1, 0.15) is 17.2 Å². The fourth-order valence-electron chi connectivity index (χ4n) is 4.47. The molecule has 9 heteroatoms. The van der Waals surface area contributed by atoms with Crippen molar-refractivity contribution in [3.63, 3.8) is 0 Å². The number of morpholine rings is 1. The summed E-state index contributed by atoms with van der Waals surface area (Å²) in [4.78, 5) is 20.3. The Morgan fingerprint density at radius 1 is 1.08 bits per heavy atom. The molecule has 0 bridgehead atoms. The highest BCUT2D eigenvalue weighted by Crippen LogP contribution is 2.33. The number of nitrogens with one attached hydrogen (secondary N) is 1. The van der Waals surface area contributed by atoms with E-state index in [1.54, 1.807) is 44.4 Å². The SMILES string of the molecule is Cc1cc(Nc2nc3cccc(-c4cc(F)c(CN5CCOCC5)c(F)c4)c3o2)ccc1C(=O)N(C)C. The van der Waals surface area contributed by atoms with Crippen molar-refractivity contribution in [2.24, 2.45) is 0 Å². The zero-order valence-electron chi connectivity index (χ0n) is 21.0. The zero-order valence-corrected chi connectivity index (χ0v) is 21.0. The normalized spacial score (nSPS) is 14.2. The van der Waals surface area contributed by atoms with E-state index in [1.165, 1.54) is 17.0 Å². The number of halogens is 2. The van der Waals surface area contributed by atoms with Gasteiger partial charge in [-0.05, 0) is 54.4 Å². The smallest absolute Gasteiger partial charge is 0.300 e. The molecule has 0 atom stereocenters. The van der Waals surface area contributed by atoms with E-state index in [-0.39, 0.29) is 24.0 Å². The van der Waals surface area contributed by atoms with Crippen LogP contribution in [0.3, 0.4) is 0 Å². The number of benzene rings is 3. The van der Waals surface area contributed by atoms with Gasteiger partial charge in [-0.25, -0.2) is 8.78 Å². The molecular weight excluding hydrogens is 478 g/mol. The largest absolute Gasteiger partial charge is 0.423 e. The Hall–Kier alpha value is -3.82. The van der Waals surface area contributed by atoms with Crippen LogP contribution in [-0.4, -0.2) is 61.1 Å². The van der Waals surface area contributed by atoms with Crippen molar-refractivity contribution < 1.29 is 22.7 Å². The fourth-order valence-corrected chi connectivity index (χ4v) is 4.47. The van der Waals surface area contributed by atoms with Gasteiger partial charge in [-0.3, -0.25) is 9.69 Å². The van der Waals surface area contributed by atoms with Crippen molar-refractivity contribution in [1.29, 1.82) is 0 Å². The molecule has 0 radical (unpaired) electrons. The second kappa shape index (κ2) is 10.3. The van der Waals surface area contributed by atoms with Crippen LogP contribution in [0.15, 0.2) is 52.9 Å². The minimum absolute atomic E-state index is 0.0457. The number of oxazole rings is 1. The van der Waals surface area contributed by atoms with Crippen molar-refractivity contribution in [2.75, 3.05) is 45.7 Å². The first-order valence-corrected chi connectivity index (χ1v) is 12.1. The van der Waals surface area contributed by atoms with E-state index in [4.69, 9.17) is 9.15 Å². The Balaban J connectivity index is 1.42. The highest BCUT2D eigenvalue weighted by atomic mass is 19.1. The number of hydrogen-bond acceptors (Lipinski definition) is 6. The van der Waals surface area contributed by atoms with Crippen molar-refractivity contribution in [3.05, 3.63) is 76.9 Å². The summed E-state index contributed by atoms with van der Waals surface area (Å²) < 4.78 is 41.4. The summed E-state index contributed by atoms with van der Waals surface area (Å²) in [5.41, 5.74) is 4.04. The molecule has 7 nitrogen and oxygen atoms in total. The summed E-state index contributed by atoms with van der Waals surface area (Å²) in [5, 5.41) is 3.12. The molecule has 0 spiro atoms. The Labute approximate surface area is 213 Å². The van der Waals surface area contributed by atoms with Gasteiger partial charge in [-0.15, -0.1) is 0 Å². The fraction of sp³-hybridized carbons (Fsp3) is 0.286. The molecule has 1 amide bonds. The number of carbonyl (C=O) groups is 1. The van der Waals surface area contributed by atoms with Gasteiger partial charge < -0.3 is 19.4 Å². The highest BCUT2D eigenvalue weighted by Gasteiger charge is 2.20. The predicted octanol–water partition coefficient (Wildman–Crippen LogP) is 5.36. The summed E-state index contributed by atoms with van der Waals surface area (Å²) in [6, 6.07) is 13.6. The van der Waals surface area contributed by atoms with E-state index in [0.29, 0.717) is 59.8 Å². The summed E-state index contributed by atoms with van der Waals surface area (Å²) in [7, 11) is 3.42. The van der Waals surface area contributed by atoms with Gasteiger partial charge in [0.2, 0.25) is 0 Å². The van der Waals surface area contributed by atoms with Crippen LogP contribution in [0.25, 0.3) is 22.2 Å². The van der Waals surface area contributed by atoms with Crippen LogP contribution in [0.5, 0.6) is 0 Å². The lowest BCUT2D eigenvalue weighted by Crippen LogP contribution is -2.36. The molecule has 1 aliphatic rings. The quantitative estimate of drug-likeness (QED) is 0.380. The van der Waals surface area contributed by atoms with Crippen molar-refractivity contribution >= 4 is 28.7 Å². The maximum atomic E-state index is 15.0. The molecule has 0 unspecified atom stereocenters. The Bertz CT molecular complexity index is 1440. The maximum Gasteiger partial charge on any atom is 0.300 e. The number of para-hydroxylation sites is 1. The molecule has 4 aromatic rings. The van der Waals surface area contributed by atoms with E-state index < -0.39 is 11.6 Å². The lowest BCUT2D eigenvalue weighted by molar-refractivity contribution is 0.0332. The number of aryl methyl sites for hydroxylation is 1. The van der Waals surface area contributed by atoms with E-state index in [0.717, 1.165) is 5.56 Å². The van der Waals surface area contributed by atoms with Crippen LogP contribution < -0.4 is 5.32 Å². The van der Waals surface area contributed by atoms with Gasteiger partial charge >= 0.3 is 0 Å². The van der Waals surface area contributed by atoms with Crippen molar-refractivity contribution in [3.8, 4) is 11.1 Å². The van der Waals surface area contributed by atoms with Crippen LogP contribution in [0.1, 0.15) is 21.5 Å². The molecule has 3 aromatic carbocycles. The molecule has 0 aliphatic carbocycles. The number of nitrogens with zero attached hydrogens (tertiary/aromatic N) is 3. The second-order valence-corrected chi connectivity index (χ2v) is 9.33. The number of hydrogen-bond donors (Lipinski definition) is 1. The van der Waals surface area contributed by atoms with E-state index in [9.17, 15) is 4.79 Å². The highest BCUT2D eigenvalue weighted by molar-refractivity contribution is 5.96. The van der Waals surface area contributed by atoms with Gasteiger partial charge in [0.05, 0.1) is 13.2 Å². The van der Waals surface area contributed by atoms with E-state index in [2.05, 4.69) is 10.3 Å². The number of fused-ring (bicyclic) bond motifs is 1. The molecule has 2 heterocycles. The van der Waals surface area contributed by atoms with Gasteiger partial charge in [-0.1, -0.05) is 12.1 Å². The van der Waals surface area contributed by atoms with Crippen LogP contribution in [-0.2, 0) is 11.3 Å². The molecule has 1 aliphatic heterocycles. The first-order chi connectivity index (χ1) is 17.8. The number of rotatable bonds is 6. The molecule has 37 heavy (non-hydrogen) atoms. The molecular formula is C28H28F2N4O3. The number of amides is 1. The van der Waals surface area contributed by atoms with Crippen molar-refractivity contribution in [2.45, 2.75) is 13.5 Å². The third kappa shape index (κ3) is 5.19. The molecule has 1 aromatic heterocycles. The predicted molar refractivity (Wildman–Crippen MR) is 138 cm³/mol. The van der Waals surface area contributed by atoms with Crippen molar-refractivity contribution in [1.82, 2.24) is 14.8 Å². The number of carbonyl (C=O) groups excluding carboxylic acids is 1. The van der Waals surface area contributed by atoms with Crippen LogP contribution in [0.4, 0.5) is 20.5 Å². The van der Waals surface area contributed by atoms with Gasteiger partial charge in [0.25, 0.3) is 11.9 Å². The summed E-state index contributed by atoms with van der Waals surface area (Å²) >= 11 is 0. The second-order valence-electron chi connectivity index (χ2n) is 9.33. The van der Waals surface area contributed by atoms with E-state index >= 15 is 8.78 Å². The van der Waals surface area contributed by atoms with Gasteiger partial charge in [0, 0.05) is 56.1 Å². The monoisotopic (exact) mass is 506 g/mol. The third-order valence-corrected chi connectivity index (χ3v) is 6.47. The average Bonchev–Trinajstić information content (AvgIpc) is 3.29. The van der Waals surface area contributed by atoms with Crippen LogP contribution in [0, 0.1) is 18.6 Å². The molecule has 1 fully saturated rings. The molecule has 192 valence electrons. The summed E-state index contributed by atoms with van der Waals surface area (Å²) in [5.74, 6) is -1.27. The molecule has 1 saturated heterocycles. The van der Waals surface area contributed by atoms with Gasteiger partial charge in [-0.2, -0.15) is 4.98 Å². The number of anilines is 2. The van der Waals surface area contributed by atoms with Gasteiger partial charge in [0.15, 0.2) is 5.58 Å². The molecule has 0 saturated carbocycles. The van der Waals surface area contributed by atoms with E-state index in [1.807, 2.05) is 17.9 Å². The Morgan fingerprint density at radius 3 is 2.49 bits per heavy atom. The average molecular weight is 507 g/mol.